The van der Waals surface area contributed by atoms with Crippen LogP contribution in [0, 0.1) is 0 Å². The van der Waals surface area contributed by atoms with Crippen molar-refractivity contribution in [2.75, 3.05) is 25.1 Å². The predicted molar refractivity (Wildman–Crippen MR) is 100 cm³/mol. The average Bonchev–Trinajstić information content (AvgIpc) is 2.99. The Balaban J connectivity index is 1.64. The van der Waals surface area contributed by atoms with Gasteiger partial charge in [-0.1, -0.05) is 6.07 Å². The number of imide groups is 1. The van der Waals surface area contributed by atoms with Gasteiger partial charge < -0.3 is 20.7 Å². The third kappa shape index (κ3) is 4.37. The summed E-state index contributed by atoms with van der Waals surface area (Å²) >= 11 is 0. The zero-order chi connectivity index (χ0) is 20.1. The molecule has 2 heterocycles. The lowest BCUT2D eigenvalue weighted by molar-refractivity contribution is -0.137. The van der Waals surface area contributed by atoms with Crippen LogP contribution in [0.15, 0.2) is 18.2 Å². The van der Waals surface area contributed by atoms with Gasteiger partial charge in [-0.05, 0) is 37.9 Å². The highest BCUT2D eigenvalue weighted by atomic mass is 16.5. The van der Waals surface area contributed by atoms with Gasteiger partial charge in [0.25, 0.3) is 5.91 Å². The molecule has 1 aromatic rings. The fraction of sp³-hybridized carbons (Fsp3) is 0.474. The van der Waals surface area contributed by atoms with Crippen molar-refractivity contribution in [3.63, 3.8) is 0 Å². The lowest BCUT2D eigenvalue weighted by Gasteiger charge is -2.29. The van der Waals surface area contributed by atoms with E-state index >= 15 is 0 Å². The summed E-state index contributed by atoms with van der Waals surface area (Å²) in [5, 5.41) is 5.05. The highest BCUT2D eigenvalue weighted by molar-refractivity contribution is 6.06. The minimum atomic E-state index is -0.688. The largest absolute Gasteiger partial charge is 0.372 e. The van der Waals surface area contributed by atoms with Crippen molar-refractivity contribution in [2.45, 2.75) is 38.3 Å². The number of benzene rings is 1. The quantitative estimate of drug-likeness (QED) is 0.429. The number of rotatable bonds is 8. The van der Waals surface area contributed by atoms with Crippen LogP contribution >= 0.6 is 0 Å². The minimum Gasteiger partial charge on any atom is -0.372 e. The van der Waals surface area contributed by atoms with Crippen molar-refractivity contribution >= 4 is 29.3 Å². The van der Waals surface area contributed by atoms with E-state index in [2.05, 4.69) is 10.6 Å². The summed E-state index contributed by atoms with van der Waals surface area (Å²) in [6, 6.07) is 4.38. The number of hydrogen-bond donors (Lipinski definition) is 3. The van der Waals surface area contributed by atoms with E-state index in [1.807, 2.05) is 0 Å². The van der Waals surface area contributed by atoms with E-state index in [1.54, 1.807) is 18.2 Å². The van der Waals surface area contributed by atoms with Crippen LogP contribution in [0.5, 0.6) is 0 Å². The number of carbonyl (C=O) groups is 4. The molecule has 0 aromatic heterocycles. The third-order valence-corrected chi connectivity index (χ3v) is 4.83. The van der Waals surface area contributed by atoms with E-state index in [0.29, 0.717) is 36.4 Å². The summed E-state index contributed by atoms with van der Waals surface area (Å²) in [6.07, 6.45) is 2.12. The number of carbonyl (C=O) groups excluding carboxylic acids is 4. The fourth-order valence-electron chi connectivity index (χ4n) is 3.40. The SMILES string of the molecule is NCCCCOCC(=O)Nc1cccc2c1CN(C1CCC(=O)NC1=O)C2=O. The molecular formula is C19H24N4O5. The van der Waals surface area contributed by atoms with Crippen molar-refractivity contribution in [3.05, 3.63) is 29.3 Å². The van der Waals surface area contributed by atoms with E-state index in [1.165, 1.54) is 4.90 Å². The topological polar surface area (TPSA) is 131 Å². The lowest BCUT2D eigenvalue weighted by Crippen LogP contribution is -2.52. The van der Waals surface area contributed by atoms with Crippen LogP contribution in [0.3, 0.4) is 0 Å². The molecule has 0 aliphatic carbocycles. The van der Waals surface area contributed by atoms with Gasteiger partial charge in [-0.3, -0.25) is 24.5 Å². The smallest absolute Gasteiger partial charge is 0.255 e. The maximum absolute atomic E-state index is 12.7. The number of ether oxygens (including phenoxy) is 1. The van der Waals surface area contributed by atoms with Crippen LogP contribution in [0.4, 0.5) is 5.69 Å². The Hall–Kier alpha value is -2.78. The molecule has 1 fully saturated rings. The molecule has 2 aliphatic heterocycles. The monoisotopic (exact) mass is 388 g/mol. The van der Waals surface area contributed by atoms with Crippen LogP contribution in [0.1, 0.15) is 41.6 Å². The first-order valence-electron chi connectivity index (χ1n) is 9.35. The zero-order valence-corrected chi connectivity index (χ0v) is 15.5. The molecule has 9 heteroatoms. The molecule has 150 valence electrons. The highest BCUT2D eigenvalue weighted by Gasteiger charge is 2.39. The first kappa shape index (κ1) is 20.0. The van der Waals surface area contributed by atoms with Gasteiger partial charge in [0, 0.05) is 36.4 Å². The Morgan fingerprint density at radius 3 is 2.86 bits per heavy atom. The standard InChI is InChI=1S/C19H24N4O5/c20-8-1-2-9-28-11-17(25)21-14-5-3-4-12-13(14)10-23(19(12)27)15-6-7-16(24)22-18(15)26/h3-5,15H,1-2,6-11,20H2,(H,21,25)(H,22,24,26). The summed E-state index contributed by atoms with van der Waals surface area (Å²) in [4.78, 5) is 49.8. The second-order valence-electron chi connectivity index (χ2n) is 6.83. The van der Waals surface area contributed by atoms with Crippen LogP contribution in [0.25, 0.3) is 0 Å². The van der Waals surface area contributed by atoms with Gasteiger partial charge in [0.05, 0.1) is 0 Å². The Morgan fingerprint density at radius 2 is 2.11 bits per heavy atom. The lowest BCUT2D eigenvalue weighted by atomic mass is 10.0. The number of fused-ring (bicyclic) bond motifs is 1. The highest BCUT2D eigenvalue weighted by Crippen LogP contribution is 2.32. The molecule has 9 nitrogen and oxygen atoms in total. The van der Waals surface area contributed by atoms with E-state index in [9.17, 15) is 19.2 Å². The molecule has 0 spiro atoms. The third-order valence-electron chi connectivity index (χ3n) is 4.83. The van der Waals surface area contributed by atoms with Gasteiger partial charge >= 0.3 is 0 Å². The zero-order valence-electron chi connectivity index (χ0n) is 15.5. The van der Waals surface area contributed by atoms with Crippen molar-refractivity contribution in [1.82, 2.24) is 10.2 Å². The van der Waals surface area contributed by atoms with Crippen LogP contribution in [0.2, 0.25) is 0 Å². The molecule has 0 saturated carbocycles. The van der Waals surface area contributed by atoms with Gasteiger partial charge in [-0.25, -0.2) is 0 Å². The Morgan fingerprint density at radius 1 is 1.29 bits per heavy atom. The summed E-state index contributed by atoms with van der Waals surface area (Å²) in [6.45, 7) is 1.16. The van der Waals surface area contributed by atoms with E-state index < -0.39 is 11.9 Å². The summed E-state index contributed by atoms with van der Waals surface area (Å²) in [5.74, 6) is -1.38. The molecule has 28 heavy (non-hydrogen) atoms. The Labute approximate surface area is 162 Å². The minimum absolute atomic E-state index is 0.0843. The molecule has 0 bridgehead atoms. The van der Waals surface area contributed by atoms with Crippen molar-refractivity contribution in [3.8, 4) is 0 Å². The van der Waals surface area contributed by atoms with Crippen LogP contribution < -0.4 is 16.4 Å². The number of nitrogens with two attached hydrogens (primary N) is 1. The van der Waals surface area contributed by atoms with Gasteiger partial charge in [-0.2, -0.15) is 0 Å². The molecule has 0 radical (unpaired) electrons. The molecule has 1 atom stereocenters. The Bertz CT molecular complexity index is 795. The second-order valence-corrected chi connectivity index (χ2v) is 6.83. The van der Waals surface area contributed by atoms with E-state index in [4.69, 9.17) is 10.5 Å². The fourth-order valence-corrected chi connectivity index (χ4v) is 3.40. The molecule has 1 saturated heterocycles. The summed E-state index contributed by atoms with van der Waals surface area (Å²) < 4.78 is 5.32. The van der Waals surface area contributed by atoms with Gasteiger partial charge in [0.2, 0.25) is 17.7 Å². The number of hydrogen-bond acceptors (Lipinski definition) is 6. The molecule has 4 amide bonds. The van der Waals surface area contributed by atoms with Crippen molar-refractivity contribution < 1.29 is 23.9 Å². The van der Waals surface area contributed by atoms with Crippen molar-refractivity contribution in [2.24, 2.45) is 5.73 Å². The number of nitrogens with one attached hydrogen (secondary N) is 2. The number of nitrogens with zero attached hydrogens (tertiary/aromatic N) is 1. The number of piperidine rings is 1. The first-order valence-corrected chi connectivity index (χ1v) is 9.35. The van der Waals surface area contributed by atoms with Crippen LogP contribution in [-0.2, 0) is 25.7 Å². The second kappa shape index (κ2) is 8.94. The number of unbranched alkanes of at least 4 members (excludes halogenated alkanes) is 1. The maximum atomic E-state index is 12.7. The first-order chi connectivity index (χ1) is 13.5. The average molecular weight is 388 g/mol. The summed E-state index contributed by atoms with van der Waals surface area (Å²) in [5.41, 5.74) is 7.04. The maximum Gasteiger partial charge on any atom is 0.255 e. The normalized spacial score (nSPS) is 18.8. The predicted octanol–water partition coefficient (Wildman–Crippen LogP) is 0.142. The van der Waals surface area contributed by atoms with Gasteiger partial charge in [0.1, 0.15) is 12.6 Å². The van der Waals surface area contributed by atoms with E-state index in [0.717, 1.165) is 12.8 Å². The molecule has 1 aromatic carbocycles. The Kier molecular flexibility index (Phi) is 6.37. The molecular weight excluding hydrogens is 364 g/mol. The van der Waals surface area contributed by atoms with Crippen LogP contribution in [-0.4, -0.2) is 54.3 Å². The van der Waals surface area contributed by atoms with Gasteiger partial charge in [-0.15, -0.1) is 0 Å². The molecule has 2 aliphatic rings. The van der Waals surface area contributed by atoms with Gasteiger partial charge in [0.15, 0.2) is 0 Å². The number of amides is 4. The molecule has 3 rings (SSSR count). The van der Waals surface area contributed by atoms with Crippen molar-refractivity contribution in [1.29, 1.82) is 0 Å². The number of anilines is 1. The molecule has 1 unspecified atom stereocenters. The summed E-state index contributed by atoms with van der Waals surface area (Å²) in [7, 11) is 0. The molecule has 4 N–H and O–H groups in total. The van der Waals surface area contributed by atoms with E-state index in [-0.39, 0.29) is 37.3 Å².